The first-order chi connectivity index (χ1) is 6.53. The molecule has 0 unspecified atom stereocenters. The summed E-state index contributed by atoms with van der Waals surface area (Å²) in [7, 11) is 0. The van der Waals surface area contributed by atoms with E-state index in [1.807, 2.05) is 0 Å². The summed E-state index contributed by atoms with van der Waals surface area (Å²) in [6.45, 7) is 8.79. The topological polar surface area (TPSA) is 12.0 Å². The van der Waals surface area contributed by atoms with Crippen molar-refractivity contribution in [1.29, 1.82) is 0 Å². The van der Waals surface area contributed by atoms with Crippen molar-refractivity contribution in [3.8, 4) is 0 Å². The molecule has 0 heterocycles. The van der Waals surface area contributed by atoms with Crippen molar-refractivity contribution >= 4 is 5.69 Å². The van der Waals surface area contributed by atoms with E-state index in [-0.39, 0.29) is 5.54 Å². The first-order valence-electron chi connectivity index (χ1n) is 5.39. The number of benzene rings is 1. The lowest BCUT2D eigenvalue weighted by Gasteiger charge is -2.24. The van der Waals surface area contributed by atoms with Crippen molar-refractivity contribution in [2.24, 2.45) is 0 Å². The number of hydrogen-bond donors (Lipinski definition) is 1. The van der Waals surface area contributed by atoms with Gasteiger partial charge in [0.25, 0.3) is 0 Å². The van der Waals surface area contributed by atoms with Crippen LogP contribution in [0.2, 0.25) is 0 Å². The molecule has 0 radical (unpaired) electrons. The molecule has 0 saturated carbocycles. The minimum Gasteiger partial charge on any atom is -0.380 e. The Bertz CT molecular complexity index is 284. The van der Waals surface area contributed by atoms with E-state index in [9.17, 15) is 0 Å². The van der Waals surface area contributed by atoms with E-state index < -0.39 is 0 Å². The molecule has 0 aliphatic carbocycles. The summed E-state index contributed by atoms with van der Waals surface area (Å²) in [5, 5.41) is 3.53. The van der Waals surface area contributed by atoms with Crippen LogP contribution in [0, 0.1) is 0 Å². The molecule has 0 aliphatic rings. The number of para-hydroxylation sites is 1. The summed E-state index contributed by atoms with van der Waals surface area (Å²) in [5.74, 6) is 0. The molecule has 1 N–H and O–H groups in total. The van der Waals surface area contributed by atoms with Gasteiger partial charge in [-0.25, -0.2) is 0 Å². The molecule has 1 nitrogen and oxygen atoms in total. The number of aryl methyl sites for hydroxylation is 1. The SMILES string of the molecule is CCCc1ccccc1NC(C)(C)C. The predicted octanol–water partition coefficient (Wildman–Crippen LogP) is 3.85. The zero-order valence-corrected chi connectivity index (χ0v) is 9.72. The summed E-state index contributed by atoms with van der Waals surface area (Å²) in [6, 6.07) is 8.57. The molecule has 1 heteroatoms. The van der Waals surface area contributed by atoms with Gasteiger partial charge in [0, 0.05) is 11.2 Å². The molecule has 0 aliphatic heterocycles. The van der Waals surface area contributed by atoms with Gasteiger partial charge in [-0.15, -0.1) is 0 Å². The van der Waals surface area contributed by atoms with Crippen molar-refractivity contribution in [1.82, 2.24) is 0 Å². The molecule has 0 spiro atoms. The van der Waals surface area contributed by atoms with Crippen LogP contribution in [0.5, 0.6) is 0 Å². The smallest absolute Gasteiger partial charge is 0.0376 e. The predicted molar refractivity (Wildman–Crippen MR) is 63.8 cm³/mol. The van der Waals surface area contributed by atoms with Gasteiger partial charge in [0.1, 0.15) is 0 Å². The van der Waals surface area contributed by atoms with E-state index in [1.165, 1.54) is 17.7 Å². The third-order valence-corrected chi connectivity index (χ3v) is 2.05. The van der Waals surface area contributed by atoms with E-state index in [0.29, 0.717) is 0 Å². The van der Waals surface area contributed by atoms with Gasteiger partial charge in [0.05, 0.1) is 0 Å². The maximum absolute atomic E-state index is 3.53. The fraction of sp³-hybridized carbons (Fsp3) is 0.538. The third-order valence-electron chi connectivity index (χ3n) is 2.05. The van der Waals surface area contributed by atoms with Crippen LogP contribution in [0.15, 0.2) is 24.3 Å². The van der Waals surface area contributed by atoms with Gasteiger partial charge in [-0.3, -0.25) is 0 Å². The van der Waals surface area contributed by atoms with Crippen LogP contribution < -0.4 is 5.32 Å². The van der Waals surface area contributed by atoms with Gasteiger partial charge < -0.3 is 5.32 Å². The van der Waals surface area contributed by atoms with Crippen LogP contribution >= 0.6 is 0 Å². The Morgan fingerprint density at radius 3 is 2.36 bits per heavy atom. The average molecular weight is 191 g/mol. The van der Waals surface area contributed by atoms with Crippen LogP contribution in [0.4, 0.5) is 5.69 Å². The first kappa shape index (κ1) is 11.1. The van der Waals surface area contributed by atoms with E-state index in [0.717, 1.165) is 6.42 Å². The average Bonchev–Trinajstić information content (AvgIpc) is 2.06. The van der Waals surface area contributed by atoms with Gasteiger partial charge in [-0.05, 0) is 38.8 Å². The summed E-state index contributed by atoms with van der Waals surface area (Å²) in [6.07, 6.45) is 2.35. The van der Waals surface area contributed by atoms with Crippen LogP contribution in [-0.2, 0) is 6.42 Å². The molecule has 0 bridgehead atoms. The Kier molecular flexibility index (Phi) is 3.56. The summed E-state index contributed by atoms with van der Waals surface area (Å²) < 4.78 is 0. The van der Waals surface area contributed by atoms with E-state index in [1.54, 1.807) is 0 Å². The second kappa shape index (κ2) is 4.50. The molecular weight excluding hydrogens is 170 g/mol. The molecule has 1 aromatic carbocycles. The van der Waals surface area contributed by atoms with Crippen molar-refractivity contribution in [2.75, 3.05) is 5.32 Å². The molecule has 14 heavy (non-hydrogen) atoms. The quantitative estimate of drug-likeness (QED) is 0.765. The lowest BCUT2D eigenvalue weighted by atomic mass is 10.0. The highest BCUT2D eigenvalue weighted by molar-refractivity contribution is 5.52. The number of nitrogens with one attached hydrogen (secondary N) is 1. The van der Waals surface area contributed by atoms with Gasteiger partial charge in [-0.2, -0.15) is 0 Å². The molecule has 0 fully saturated rings. The fourth-order valence-corrected chi connectivity index (χ4v) is 1.53. The maximum atomic E-state index is 3.53. The zero-order valence-electron chi connectivity index (χ0n) is 9.72. The molecule has 0 amide bonds. The monoisotopic (exact) mass is 191 g/mol. The summed E-state index contributed by atoms with van der Waals surface area (Å²) in [5.41, 5.74) is 2.84. The van der Waals surface area contributed by atoms with Crippen LogP contribution in [-0.4, -0.2) is 5.54 Å². The third kappa shape index (κ3) is 3.41. The molecular formula is C13H21N. The molecule has 0 saturated heterocycles. The minimum atomic E-state index is 0.143. The van der Waals surface area contributed by atoms with Crippen LogP contribution in [0.1, 0.15) is 39.7 Å². The van der Waals surface area contributed by atoms with Crippen LogP contribution in [0.25, 0.3) is 0 Å². The second-order valence-electron chi connectivity index (χ2n) is 4.78. The Morgan fingerprint density at radius 2 is 1.79 bits per heavy atom. The lowest BCUT2D eigenvalue weighted by molar-refractivity contribution is 0.632. The summed E-state index contributed by atoms with van der Waals surface area (Å²) >= 11 is 0. The highest BCUT2D eigenvalue weighted by Gasteiger charge is 2.10. The standard InChI is InChI=1S/C13H21N/c1-5-8-11-9-6-7-10-12(11)14-13(2,3)4/h6-7,9-10,14H,5,8H2,1-4H3. The lowest BCUT2D eigenvalue weighted by Crippen LogP contribution is -2.26. The molecule has 0 atom stereocenters. The molecule has 1 aromatic rings. The molecule has 78 valence electrons. The summed E-state index contributed by atoms with van der Waals surface area (Å²) in [4.78, 5) is 0. The maximum Gasteiger partial charge on any atom is 0.0376 e. The van der Waals surface area contributed by atoms with Crippen molar-refractivity contribution in [3.63, 3.8) is 0 Å². The molecule has 1 rings (SSSR count). The van der Waals surface area contributed by atoms with E-state index in [2.05, 4.69) is 57.3 Å². The minimum absolute atomic E-state index is 0.143. The highest BCUT2D eigenvalue weighted by atomic mass is 14.9. The Balaban J connectivity index is 2.84. The second-order valence-corrected chi connectivity index (χ2v) is 4.78. The van der Waals surface area contributed by atoms with Gasteiger partial charge in [0.2, 0.25) is 0 Å². The number of rotatable bonds is 3. The van der Waals surface area contributed by atoms with Crippen molar-refractivity contribution in [2.45, 2.75) is 46.1 Å². The normalized spacial score (nSPS) is 11.4. The van der Waals surface area contributed by atoms with Crippen molar-refractivity contribution < 1.29 is 0 Å². The first-order valence-corrected chi connectivity index (χ1v) is 5.39. The van der Waals surface area contributed by atoms with Gasteiger partial charge in [-0.1, -0.05) is 31.5 Å². The number of anilines is 1. The fourth-order valence-electron chi connectivity index (χ4n) is 1.53. The van der Waals surface area contributed by atoms with E-state index >= 15 is 0 Å². The largest absolute Gasteiger partial charge is 0.380 e. The van der Waals surface area contributed by atoms with Gasteiger partial charge in [0.15, 0.2) is 0 Å². The molecule has 0 aromatic heterocycles. The van der Waals surface area contributed by atoms with E-state index in [4.69, 9.17) is 0 Å². The zero-order chi connectivity index (χ0) is 10.6. The van der Waals surface area contributed by atoms with Crippen LogP contribution in [0.3, 0.4) is 0 Å². The Morgan fingerprint density at radius 1 is 1.14 bits per heavy atom. The number of hydrogen-bond acceptors (Lipinski definition) is 1. The van der Waals surface area contributed by atoms with Crippen molar-refractivity contribution in [3.05, 3.63) is 29.8 Å². The van der Waals surface area contributed by atoms with Gasteiger partial charge >= 0.3 is 0 Å². The Labute approximate surface area is 87.5 Å². The highest BCUT2D eigenvalue weighted by Crippen LogP contribution is 2.20. The Hall–Kier alpha value is -0.980.